The second-order valence-corrected chi connectivity index (χ2v) is 12.7. The van der Waals surface area contributed by atoms with Gasteiger partial charge in [-0.15, -0.1) is 0 Å². The van der Waals surface area contributed by atoms with Crippen LogP contribution in [0.2, 0.25) is 0 Å². The molecule has 1 aromatic heterocycles. The molecular formula is C33H49FN4. The highest BCUT2D eigenvalue weighted by atomic mass is 19.1. The summed E-state index contributed by atoms with van der Waals surface area (Å²) in [4.78, 5) is 14.9. The molecule has 1 aliphatic carbocycles. The normalized spacial score (nSPS) is 29.0. The van der Waals surface area contributed by atoms with Crippen molar-refractivity contribution in [3.05, 3.63) is 52.5 Å². The molecule has 4 unspecified atom stereocenters. The van der Waals surface area contributed by atoms with Crippen molar-refractivity contribution in [1.29, 1.82) is 0 Å². The lowest BCUT2D eigenvalue weighted by molar-refractivity contribution is 0.217. The summed E-state index contributed by atoms with van der Waals surface area (Å²) in [5.41, 5.74) is 6.09. The van der Waals surface area contributed by atoms with Gasteiger partial charge in [0.05, 0.1) is 5.69 Å². The Bertz CT molecular complexity index is 1090. The van der Waals surface area contributed by atoms with Gasteiger partial charge in [-0.2, -0.15) is 0 Å². The van der Waals surface area contributed by atoms with E-state index < -0.39 is 6.17 Å². The Kier molecular flexibility index (Phi) is 8.72. The molecule has 3 fully saturated rings. The first-order chi connectivity index (χ1) is 18.4. The van der Waals surface area contributed by atoms with E-state index in [1.807, 2.05) is 0 Å². The van der Waals surface area contributed by atoms with E-state index in [9.17, 15) is 4.39 Å². The number of hydrogen-bond acceptors (Lipinski definition) is 4. The van der Waals surface area contributed by atoms with Crippen molar-refractivity contribution in [1.82, 2.24) is 14.9 Å². The second kappa shape index (κ2) is 12.0. The molecule has 38 heavy (non-hydrogen) atoms. The average molecular weight is 521 g/mol. The number of fused-ring (bicyclic) bond motifs is 2. The lowest BCUT2D eigenvalue weighted by Gasteiger charge is -2.35. The van der Waals surface area contributed by atoms with Crippen molar-refractivity contribution in [2.75, 3.05) is 31.1 Å². The van der Waals surface area contributed by atoms with Crippen LogP contribution in [-0.2, 0) is 25.7 Å². The Morgan fingerprint density at radius 2 is 1.89 bits per heavy atom. The number of halogens is 1. The molecule has 4 aliphatic rings. The van der Waals surface area contributed by atoms with Gasteiger partial charge in [-0.3, -0.25) is 4.90 Å². The van der Waals surface area contributed by atoms with E-state index >= 15 is 0 Å². The summed E-state index contributed by atoms with van der Waals surface area (Å²) in [6, 6.07) is 9.09. The third kappa shape index (κ3) is 5.93. The molecule has 0 spiro atoms. The molecule has 4 atom stereocenters. The molecular weight excluding hydrogens is 471 g/mol. The summed E-state index contributed by atoms with van der Waals surface area (Å²) in [5, 5.41) is 0. The maximum absolute atomic E-state index is 12.8. The lowest BCUT2D eigenvalue weighted by atomic mass is 9.80. The predicted octanol–water partition coefficient (Wildman–Crippen LogP) is 7.08. The van der Waals surface area contributed by atoms with E-state index in [1.54, 1.807) is 5.56 Å². The van der Waals surface area contributed by atoms with Crippen molar-refractivity contribution < 1.29 is 4.39 Å². The van der Waals surface area contributed by atoms with Gasteiger partial charge in [0.2, 0.25) is 0 Å². The zero-order valence-corrected chi connectivity index (χ0v) is 24.3. The number of nitrogens with zero attached hydrogens (tertiary/aromatic N) is 4. The minimum absolute atomic E-state index is 0.236. The minimum atomic E-state index is -0.551. The van der Waals surface area contributed by atoms with E-state index in [0.717, 1.165) is 57.1 Å². The van der Waals surface area contributed by atoms with Crippen LogP contribution in [0.3, 0.4) is 0 Å². The Balaban J connectivity index is 0.000000244. The highest BCUT2D eigenvalue weighted by molar-refractivity contribution is 5.52. The number of aromatic nitrogens is 2. The average Bonchev–Trinajstić information content (AvgIpc) is 3.41. The maximum Gasteiger partial charge on any atom is 0.135 e. The number of hydrogen-bond donors (Lipinski definition) is 0. The first-order valence-electron chi connectivity index (χ1n) is 15.5. The van der Waals surface area contributed by atoms with Crippen LogP contribution in [-0.4, -0.2) is 52.8 Å². The van der Waals surface area contributed by atoms with Crippen LogP contribution in [0.1, 0.15) is 107 Å². The number of rotatable bonds is 5. The molecule has 3 saturated heterocycles. The zero-order chi connectivity index (χ0) is 26.7. The fourth-order valence-corrected chi connectivity index (χ4v) is 7.54. The molecule has 5 heteroatoms. The highest BCUT2D eigenvalue weighted by Gasteiger charge is 2.44. The largest absolute Gasteiger partial charge is 0.356 e. The van der Waals surface area contributed by atoms with E-state index in [4.69, 9.17) is 9.97 Å². The molecule has 2 aromatic rings. The third-order valence-corrected chi connectivity index (χ3v) is 9.57. The van der Waals surface area contributed by atoms with Gasteiger partial charge < -0.3 is 4.90 Å². The number of anilines is 1. The van der Waals surface area contributed by atoms with Gasteiger partial charge in [-0.05, 0) is 94.2 Å². The van der Waals surface area contributed by atoms with Crippen LogP contribution in [0.25, 0.3) is 0 Å². The summed E-state index contributed by atoms with van der Waals surface area (Å²) in [7, 11) is 0. The monoisotopic (exact) mass is 520 g/mol. The van der Waals surface area contributed by atoms with Crippen molar-refractivity contribution in [2.45, 2.75) is 116 Å². The Morgan fingerprint density at radius 3 is 2.66 bits per heavy atom. The summed E-state index contributed by atoms with van der Waals surface area (Å²) in [6.07, 6.45) is 12.0. The summed E-state index contributed by atoms with van der Waals surface area (Å²) < 4.78 is 12.8. The van der Waals surface area contributed by atoms with E-state index in [1.165, 1.54) is 67.6 Å². The minimum Gasteiger partial charge on any atom is -0.356 e. The molecule has 4 heterocycles. The Morgan fingerprint density at radius 1 is 1.05 bits per heavy atom. The molecule has 0 saturated carbocycles. The Labute approximate surface area is 230 Å². The molecule has 6 rings (SSSR count). The van der Waals surface area contributed by atoms with Crippen molar-refractivity contribution >= 4 is 5.82 Å². The number of benzene rings is 1. The van der Waals surface area contributed by atoms with Crippen molar-refractivity contribution in [3.63, 3.8) is 0 Å². The van der Waals surface area contributed by atoms with E-state index in [2.05, 4.69) is 61.8 Å². The standard InChI is InChI=1S/C25H35N3.C8H14FN/c1-4-9-19-11-6-7-12-21(19)20-13-14-22-23(16-20)26-24(5-2)27-25(22)28-15-8-10-18(3)17-28;1-8-3-2-4-10(8)6-7(9)5-8/h6-7,11-12,18,20H,4-5,8-10,13-17H2,1-3H3;7H,2-6H2,1H3. The van der Waals surface area contributed by atoms with Crippen LogP contribution in [0, 0.1) is 5.92 Å². The SMILES string of the molecule is CC12CCCN1CC(F)C2.CCCc1ccccc1C1CCc2c(nc(CC)nc2N2CCCC(C)C2)C1. The number of alkyl halides is 1. The first kappa shape index (κ1) is 27.6. The zero-order valence-electron chi connectivity index (χ0n) is 24.3. The van der Waals surface area contributed by atoms with Crippen LogP contribution in [0.4, 0.5) is 10.2 Å². The van der Waals surface area contributed by atoms with Crippen LogP contribution >= 0.6 is 0 Å². The molecule has 0 amide bonds. The lowest BCUT2D eigenvalue weighted by Crippen LogP contribution is -2.36. The van der Waals surface area contributed by atoms with Gasteiger partial charge in [0, 0.05) is 37.2 Å². The summed E-state index contributed by atoms with van der Waals surface area (Å²) in [6.45, 7) is 13.1. The number of piperidine rings is 1. The molecule has 1 aromatic carbocycles. The van der Waals surface area contributed by atoms with Gasteiger partial charge in [0.25, 0.3) is 0 Å². The van der Waals surface area contributed by atoms with Gasteiger partial charge in [0.15, 0.2) is 0 Å². The molecule has 0 radical (unpaired) electrons. The van der Waals surface area contributed by atoms with Gasteiger partial charge in [0.1, 0.15) is 17.8 Å². The highest BCUT2D eigenvalue weighted by Crippen LogP contribution is 2.40. The molecule has 208 valence electrons. The molecule has 3 aliphatic heterocycles. The van der Waals surface area contributed by atoms with Crippen LogP contribution in [0.15, 0.2) is 24.3 Å². The third-order valence-electron chi connectivity index (χ3n) is 9.57. The van der Waals surface area contributed by atoms with E-state index in [-0.39, 0.29) is 5.54 Å². The van der Waals surface area contributed by atoms with Gasteiger partial charge in [-0.25, -0.2) is 14.4 Å². The Hall–Kier alpha value is -2.01. The smallest absolute Gasteiger partial charge is 0.135 e. The van der Waals surface area contributed by atoms with Gasteiger partial charge >= 0.3 is 0 Å². The summed E-state index contributed by atoms with van der Waals surface area (Å²) >= 11 is 0. The maximum atomic E-state index is 12.8. The van der Waals surface area contributed by atoms with E-state index in [0.29, 0.717) is 12.5 Å². The fraction of sp³-hybridized carbons (Fsp3) is 0.697. The second-order valence-electron chi connectivity index (χ2n) is 12.7. The first-order valence-corrected chi connectivity index (χ1v) is 15.5. The van der Waals surface area contributed by atoms with Crippen molar-refractivity contribution in [3.8, 4) is 0 Å². The fourth-order valence-electron chi connectivity index (χ4n) is 7.54. The van der Waals surface area contributed by atoms with Crippen LogP contribution < -0.4 is 4.90 Å². The molecule has 4 nitrogen and oxygen atoms in total. The predicted molar refractivity (Wildman–Crippen MR) is 156 cm³/mol. The van der Waals surface area contributed by atoms with Gasteiger partial charge in [-0.1, -0.05) is 51.5 Å². The molecule has 0 N–H and O–H groups in total. The number of aryl methyl sites for hydroxylation is 2. The van der Waals surface area contributed by atoms with Crippen molar-refractivity contribution in [2.24, 2.45) is 5.92 Å². The summed E-state index contributed by atoms with van der Waals surface area (Å²) in [5.74, 6) is 3.65. The topological polar surface area (TPSA) is 32.3 Å². The molecule has 0 bridgehead atoms. The van der Waals surface area contributed by atoms with Crippen LogP contribution in [0.5, 0.6) is 0 Å². The quantitative estimate of drug-likeness (QED) is 0.422.